The Kier molecular flexibility index (Phi) is 2.17. The Balaban J connectivity index is 2.33. The maximum Gasteiger partial charge on any atom is 0.202 e. The maximum atomic E-state index is 9.08. The Bertz CT molecular complexity index is 776. The molecule has 0 radical (unpaired) electrons. The van der Waals surface area contributed by atoms with Gasteiger partial charge in [-0.05, 0) is 19.1 Å². The van der Waals surface area contributed by atoms with Gasteiger partial charge in [-0.2, -0.15) is 5.26 Å². The average Bonchev–Trinajstić information content (AvgIpc) is 2.94. The predicted molar refractivity (Wildman–Crippen MR) is 65.7 cm³/mol. The molecule has 3 aromatic rings. The largest absolute Gasteiger partial charge is 0.353 e. The van der Waals surface area contributed by atoms with Crippen LogP contribution in [-0.2, 0) is 7.05 Å². The second kappa shape index (κ2) is 3.70. The minimum atomic E-state index is 0.561. The molecule has 2 heterocycles. The summed E-state index contributed by atoms with van der Waals surface area (Å²) in [4.78, 5) is 4.47. The number of imidazole rings is 1. The van der Waals surface area contributed by atoms with Crippen LogP contribution in [0.1, 0.15) is 11.3 Å². The van der Waals surface area contributed by atoms with Gasteiger partial charge in [0.2, 0.25) is 5.76 Å². The third-order valence-electron chi connectivity index (χ3n) is 2.88. The summed E-state index contributed by atoms with van der Waals surface area (Å²) in [5, 5.41) is 12.9. The highest BCUT2D eigenvalue weighted by molar-refractivity contribution is 5.84. The summed E-state index contributed by atoms with van der Waals surface area (Å²) in [5.74, 6) is 1.28. The van der Waals surface area contributed by atoms with Crippen molar-refractivity contribution in [3.05, 3.63) is 35.5 Å². The SMILES string of the molecule is Cc1cc(-c2nc3c(C#N)cccc3n2C)on1. The van der Waals surface area contributed by atoms with Gasteiger partial charge in [0.05, 0.1) is 16.8 Å². The predicted octanol–water partition coefficient (Wildman–Crippen LogP) is 2.41. The standard InChI is InChI=1S/C13H10N4O/c1-8-6-11(18-16-8)13-15-12-9(7-14)4-3-5-10(12)17(13)2/h3-6H,1-2H3. The van der Waals surface area contributed by atoms with Crippen molar-refractivity contribution >= 4 is 11.0 Å². The molecule has 0 unspecified atom stereocenters. The molecule has 0 saturated heterocycles. The molecule has 1 aromatic carbocycles. The van der Waals surface area contributed by atoms with E-state index in [4.69, 9.17) is 9.78 Å². The first-order chi connectivity index (χ1) is 8.70. The zero-order valence-electron chi connectivity index (χ0n) is 10.0. The van der Waals surface area contributed by atoms with E-state index in [-0.39, 0.29) is 0 Å². The van der Waals surface area contributed by atoms with Gasteiger partial charge >= 0.3 is 0 Å². The molecule has 0 aliphatic heterocycles. The lowest BCUT2D eigenvalue weighted by molar-refractivity contribution is 0.423. The van der Waals surface area contributed by atoms with E-state index in [1.165, 1.54) is 0 Å². The fourth-order valence-corrected chi connectivity index (χ4v) is 1.99. The molecule has 0 saturated carbocycles. The summed E-state index contributed by atoms with van der Waals surface area (Å²) in [5.41, 5.74) is 2.95. The zero-order valence-corrected chi connectivity index (χ0v) is 10.0. The number of hydrogen-bond acceptors (Lipinski definition) is 4. The summed E-state index contributed by atoms with van der Waals surface area (Å²) in [6.45, 7) is 1.86. The number of rotatable bonds is 1. The summed E-state index contributed by atoms with van der Waals surface area (Å²) in [6, 6.07) is 9.50. The fourth-order valence-electron chi connectivity index (χ4n) is 1.99. The van der Waals surface area contributed by atoms with Crippen LogP contribution in [0.5, 0.6) is 0 Å². The number of para-hydroxylation sites is 1. The van der Waals surface area contributed by atoms with Gasteiger partial charge in [-0.3, -0.25) is 0 Å². The maximum absolute atomic E-state index is 9.08. The number of nitrogens with zero attached hydrogens (tertiary/aromatic N) is 4. The molecular formula is C13H10N4O. The fraction of sp³-hybridized carbons (Fsp3) is 0.154. The van der Waals surface area contributed by atoms with Gasteiger partial charge in [0, 0.05) is 13.1 Å². The first-order valence-corrected chi connectivity index (χ1v) is 5.50. The zero-order chi connectivity index (χ0) is 12.7. The van der Waals surface area contributed by atoms with Crippen molar-refractivity contribution in [1.82, 2.24) is 14.7 Å². The van der Waals surface area contributed by atoms with E-state index in [2.05, 4.69) is 16.2 Å². The molecule has 0 aliphatic carbocycles. The van der Waals surface area contributed by atoms with Crippen LogP contribution in [-0.4, -0.2) is 14.7 Å². The normalized spacial score (nSPS) is 10.7. The highest BCUT2D eigenvalue weighted by Crippen LogP contribution is 2.25. The summed E-state index contributed by atoms with van der Waals surface area (Å²) in [6.07, 6.45) is 0. The minimum absolute atomic E-state index is 0.561. The third kappa shape index (κ3) is 1.39. The lowest BCUT2D eigenvalue weighted by atomic mass is 10.2. The van der Waals surface area contributed by atoms with Crippen molar-refractivity contribution in [3.8, 4) is 17.7 Å². The molecule has 0 fully saturated rings. The van der Waals surface area contributed by atoms with E-state index in [1.54, 1.807) is 6.07 Å². The third-order valence-corrected chi connectivity index (χ3v) is 2.88. The van der Waals surface area contributed by atoms with Crippen LogP contribution in [0, 0.1) is 18.3 Å². The van der Waals surface area contributed by atoms with Crippen molar-refractivity contribution in [2.45, 2.75) is 6.92 Å². The Labute approximate surface area is 103 Å². The van der Waals surface area contributed by atoms with Crippen molar-refractivity contribution < 1.29 is 4.52 Å². The lowest BCUT2D eigenvalue weighted by Gasteiger charge is -1.97. The first kappa shape index (κ1) is 10.5. The smallest absolute Gasteiger partial charge is 0.202 e. The summed E-state index contributed by atoms with van der Waals surface area (Å²) in [7, 11) is 1.89. The number of benzene rings is 1. The van der Waals surface area contributed by atoms with E-state index in [0.717, 1.165) is 11.2 Å². The van der Waals surface area contributed by atoms with Crippen LogP contribution < -0.4 is 0 Å². The monoisotopic (exact) mass is 238 g/mol. The van der Waals surface area contributed by atoms with E-state index < -0.39 is 0 Å². The second-order valence-electron chi connectivity index (χ2n) is 4.11. The molecule has 88 valence electrons. The Morgan fingerprint density at radius 2 is 2.22 bits per heavy atom. The Hall–Kier alpha value is -2.61. The van der Waals surface area contributed by atoms with E-state index in [9.17, 15) is 0 Å². The number of fused-ring (bicyclic) bond motifs is 1. The molecule has 0 N–H and O–H groups in total. The van der Waals surface area contributed by atoms with Crippen LogP contribution in [0.2, 0.25) is 0 Å². The van der Waals surface area contributed by atoms with Gasteiger partial charge in [-0.25, -0.2) is 4.98 Å². The minimum Gasteiger partial charge on any atom is -0.353 e. The number of aryl methyl sites for hydroxylation is 2. The van der Waals surface area contributed by atoms with Crippen LogP contribution >= 0.6 is 0 Å². The van der Waals surface area contributed by atoms with E-state index in [1.807, 2.05) is 36.7 Å². The molecule has 0 atom stereocenters. The van der Waals surface area contributed by atoms with E-state index >= 15 is 0 Å². The molecule has 3 rings (SSSR count). The molecule has 5 nitrogen and oxygen atoms in total. The van der Waals surface area contributed by atoms with Gasteiger partial charge in [0.1, 0.15) is 11.6 Å². The van der Waals surface area contributed by atoms with Gasteiger partial charge < -0.3 is 9.09 Å². The molecule has 2 aromatic heterocycles. The highest BCUT2D eigenvalue weighted by atomic mass is 16.5. The van der Waals surface area contributed by atoms with E-state index in [0.29, 0.717) is 22.7 Å². The molecule has 0 amide bonds. The van der Waals surface area contributed by atoms with Gasteiger partial charge in [-0.15, -0.1) is 0 Å². The molecule has 18 heavy (non-hydrogen) atoms. The molecule has 0 bridgehead atoms. The topological polar surface area (TPSA) is 67.6 Å². The van der Waals surface area contributed by atoms with Crippen molar-refractivity contribution in [2.24, 2.45) is 7.05 Å². The van der Waals surface area contributed by atoms with Gasteiger partial charge in [0.25, 0.3) is 0 Å². The van der Waals surface area contributed by atoms with Crippen LogP contribution in [0.4, 0.5) is 0 Å². The highest BCUT2D eigenvalue weighted by Gasteiger charge is 2.15. The Morgan fingerprint density at radius 3 is 2.89 bits per heavy atom. The summed E-state index contributed by atoms with van der Waals surface area (Å²) < 4.78 is 7.12. The number of hydrogen-bond donors (Lipinski definition) is 0. The second-order valence-corrected chi connectivity index (χ2v) is 4.11. The first-order valence-electron chi connectivity index (χ1n) is 5.50. The lowest BCUT2D eigenvalue weighted by Crippen LogP contribution is -1.90. The number of nitriles is 1. The van der Waals surface area contributed by atoms with Crippen LogP contribution in [0.25, 0.3) is 22.6 Å². The van der Waals surface area contributed by atoms with Crippen molar-refractivity contribution in [3.63, 3.8) is 0 Å². The van der Waals surface area contributed by atoms with Crippen LogP contribution in [0.3, 0.4) is 0 Å². The quantitative estimate of drug-likeness (QED) is 0.652. The molecule has 0 aliphatic rings. The molecular weight excluding hydrogens is 228 g/mol. The molecule has 0 spiro atoms. The average molecular weight is 238 g/mol. The number of aromatic nitrogens is 3. The van der Waals surface area contributed by atoms with Crippen molar-refractivity contribution in [1.29, 1.82) is 5.26 Å². The summed E-state index contributed by atoms with van der Waals surface area (Å²) >= 11 is 0. The van der Waals surface area contributed by atoms with Crippen molar-refractivity contribution in [2.75, 3.05) is 0 Å². The van der Waals surface area contributed by atoms with Gasteiger partial charge in [0.15, 0.2) is 5.82 Å². The van der Waals surface area contributed by atoms with Gasteiger partial charge in [-0.1, -0.05) is 11.2 Å². The Morgan fingerprint density at radius 1 is 1.39 bits per heavy atom. The molecule has 5 heteroatoms. The van der Waals surface area contributed by atoms with Crippen LogP contribution in [0.15, 0.2) is 28.8 Å².